The van der Waals surface area contributed by atoms with E-state index in [-0.39, 0.29) is 22.7 Å². The molecule has 0 N–H and O–H groups in total. The number of amides is 1. The number of sulfonamides is 1. The van der Waals surface area contributed by atoms with E-state index in [9.17, 15) is 18.0 Å². The zero-order valence-electron chi connectivity index (χ0n) is 13.2. The van der Waals surface area contributed by atoms with E-state index in [1.807, 2.05) is 6.92 Å². The lowest BCUT2D eigenvalue weighted by atomic mass is 9.76. The van der Waals surface area contributed by atoms with Gasteiger partial charge in [0.05, 0.1) is 4.90 Å². The average Bonchev–Trinajstić information content (AvgIpc) is 2.77. The number of hydrogen-bond acceptors (Lipinski definition) is 4. The molecule has 1 aromatic carbocycles. The molecule has 2 aliphatic rings. The molecule has 5 nitrogen and oxygen atoms in total. The third-order valence-corrected chi connectivity index (χ3v) is 6.45. The summed E-state index contributed by atoms with van der Waals surface area (Å²) < 4.78 is 27.0. The standard InChI is InChI=1S/C18H17NO4S/c1-4-18-10-9-14(20)11-16(18)13(3)17(21)19(18)24(22,23)15-7-5-12(2)6-8-15/h4-10,16H,1,3,11H2,2H3/t16-,18-/m1/s1. The molecule has 3 rings (SSSR count). The predicted octanol–water partition coefficient (Wildman–Crippen LogP) is 2.15. The lowest BCUT2D eigenvalue weighted by molar-refractivity contribution is -0.122. The summed E-state index contributed by atoms with van der Waals surface area (Å²) in [5, 5.41) is 0. The number of aryl methyl sites for hydroxylation is 1. The fourth-order valence-corrected chi connectivity index (χ4v) is 4.97. The third kappa shape index (κ3) is 2.10. The lowest BCUT2D eigenvalue weighted by Gasteiger charge is -2.37. The molecule has 1 saturated heterocycles. The van der Waals surface area contributed by atoms with E-state index in [4.69, 9.17) is 0 Å². The number of fused-ring (bicyclic) bond motifs is 1. The summed E-state index contributed by atoms with van der Waals surface area (Å²) in [6, 6.07) is 6.26. The van der Waals surface area contributed by atoms with Crippen molar-refractivity contribution in [3.05, 3.63) is 66.8 Å². The van der Waals surface area contributed by atoms with Crippen LogP contribution in [-0.2, 0) is 19.6 Å². The molecule has 1 aromatic rings. The quantitative estimate of drug-likeness (QED) is 0.623. The van der Waals surface area contributed by atoms with Crippen LogP contribution in [0.15, 0.2) is 66.1 Å². The Kier molecular flexibility index (Phi) is 3.60. The Hall–Kier alpha value is -2.47. The topological polar surface area (TPSA) is 71.5 Å². The first-order valence-electron chi connectivity index (χ1n) is 7.45. The molecular formula is C18H17NO4S. The predicted molar refractivity (Wildman–Crippen MR) is 89.5 cm³/mol. The van der Waals surface area contributed by atoms with Crippen LogP contribution in [0.2, 0.25) is 0 Å². The Morgan fingerprint density at radius 2 is 1.88 bits per heavy atom. The van der Waals surface area contributed by atoms with Gasteiger partial charge in [-0.15, -0.1) is 6.58 Å². The molecule has 0 bridgehead atoms. The van der Waals surface area contributed by atoms with Crippen molar-refractivity contribution in [2.45, 2.75) is 23.8 Å². The highest BCUT2D eigenvalue weighted by Crippen LogP contribution is 2.47. The third-order valence-electron chi connectivity index (χ3n) is 4.62. The first-order valence-corrected chi connectivity index (χ1v) is 8.89. The Morgan fingerprint density at radius 1 is 1.25 bits per heavy atom. The van der Waals surface area contributed by atoms with Gasteiger partial charge in [0, 0.05) is 17.9 Å². The largest absolute Gasteiger partial charge is 0.295 e. The molecule has 24 heavy (non-hydrogen) atoms. The van der Waals surface area contributed by atoms with Crippen LogP contribution >= 0.6 is 0 Å². The van der Waals surface area contributed by atoms with E-state index in [1.54, 1.807) is 12.1 Å². The van der Waals surface area contributed by atoms with Gasteiger partial charge in [-0.3, -0.25) is 9.59 Å². The Balaban J connectivity index is 2.21. The van der Waals surface area contributed by atoms with Crippen LogP contribution in [0.4, 0.5) is 0 Å². The summed E-state index contributed by atoms with van der Waals surface area (Å²) in [5.74, 6) is -1.49. The first-order chi connectivity index (χ1) is 11.2. The number of benzene rings is 1. The Morgan fingerprint density at radius 3 is 2.46 bits per heavy atom. The van der Waals surface area contributed by atoms with Gasteiger partial charge in [0.15, 0.2) is 5.78 Å². The second-order valence-electron chi connectivity index (χ2n) is 6.06. The van der Waals surface area contributed by atoms with Gasteiger partial charge in [-0.05, 0) is 31.2 Å². The minimum atomic E-state index is -4.11. The van der Waals surface area contributed by atoms with Gasteiger partial charge in [-0.25, -0.2) is 12.7 Å². The van der Waals surface area contributed by atoms with Gasteiger partial charge in [-0.1, -0.05) is 30.4 Å². The van der Waals surface area contributed by atoms with Crippen LogP contribution in [0.5, 0.6) is 0 Å². The van der Waals surface area contributed by atoms with Crippen LogP contribution in [-0.4, -0.2) is 30.0 Å². The van der Waals surface area contributed by atoms with Crippen molar-refractivity contribution < 1.29 is 18.0 Å². The summed E-state index contributed by atoms with van der Waals surface area (Å²) >= 11 is 0. The van der Waals surface area contributed by atoms with E-state index in [0.717, 1.165) is 9.87 Å². The summed E-state index contributed by atoms with van der Waals surface area (Å²) in [4.78, 5) is 24.4. The maximum absolute atomic E-state index is 13.1. The summed E-state index contributed by atoms with van der Waals surface area (Å²) in [7, 11) is -4.11. The van der Waals surface area contributed by atoms with Gasteiger partial charge in [0.2, 0.25) is 0 Å². The molecule has 1 heterocycles. The molecule has 0 saturated carbocycles. The van der Waals surface area contributed by atoms with Crippen LogP contribution in [0.25, 0.3) is 0 Å². The molecule has 0 radical (unpaired) electrons. The van der Waals surface area contributed by atoms with E-state index < -0.39 is 27.4 Å². The van der Waals surface area contributed by atoms with Crippen molar-refractivity contribution in [1.82, 2.24) is 4.31 Å². The van der Waals surface area contributed by atoms with Crippen molar-refractivity contribution >= 4 is 21.7 Å². The van der Waals surface area contributed by atoms with Crippen molar-refractivity contribution in [3.8, 4) is 0 Å². The first kappa shape index (κ1) is 16.4. The molecule has 2 atom stereocenters. The Bertz CT molecular complexity index is 895. The molecule has 1 amide bonds. The lowest BCUT2D eigenvalue weighted by Crippen LogP contribution is -2.50. The van der Waals surface area contributed by atoms with Crippen molar-refractivity contribution in [3.63, 3.8) is 0 Å². The van der Waals surface area contributed by atoms with E-state index >= 15 is 0 Å². The van der Waals surface area contributed by atoms with Crippen LogP contribution in [0.3, 0.4) is 0 Å². The summed E-state index contributed by atoms with van der Waals surface area (Å²) in [6.07, 6.45) is 4.19. The number of nitrogens with zero attached hydrogens (tertiary/aromatic N) is 1. The van der Waals surface area contributed by atoms with Crippen molar-refractivity contribution in [2.24, 2.45) is 5.92 Å². The molecule has 0 aromatic heterocycles. The Labute approximate surface area is 141 Å². The highest BCUT2D eigenvalue weighted by atomic mass is 32.2. The summed E-state index contributed by atoms with van der Waals surface area (Å²) in [5.41, 5.74) is -0.264. The second-order valence-corrected chi connectivity index (χ2v) is 7.85. The fraction of sp³-hybridized carbons (Fsp3) is 0.222. The van der Waals surface area contributed by atoms with Crippen LogP contribution in [0.1, 0.15) is 12.0 Å². The highest BCUT2D eigenvalue weighted by Gasteiger charge is 2.58. The van der Waals surface area contributed by atoms with Gasteiger partial charge in [-0.2, -0.15) is 0 Å². The second kappa shape index (κ2) is 5.27. The number of carbonyl (C=O) groups is 2. The van der Waals surface area contributed by atoms with E-state index in [1.165, 1.54) is 30.4 Å². The molecular weight excluding hydrogens is 326 g/mol. The van der Waals surface area contributed by atoms with Gasteiger partial charge >= 0.3 is 0 Å². The average molecular weight is 343 g/mol. The number of allylic oxidation sites excluding steroid dienone is 1. The maximum atomic E-state index is 13.1. The molecule has 1 fully saturated rings. The van der Waals surface area contributed by atoms with Gasteiger partial charge in [0.1, 0.15) is 5.54 Å². The van der Waals surface area contributed by atoms with E-state index in [0.29, 0.717) is 0 Å². The van der Waals surface area contributed by atoms with Crippen molar-refractivity contribution in [1.29, 1.82) is 0 Å². The number of rotatable bonds is 3. The number of ketones is 1. The smallest absolute Gasteiger partial charge is 0.267 e. The number of carbonyl (C=O) groups excluding carboxylic acids is 2. The van der Waals surface area contributed by atoms with Crippen molar-refractivity contribution in [2.75, 3.05) is 0 Å². The molecule has 6 heteroatoms. The molecule has 1 aliphatic carbocycles. The normalized spacial score (nSPS) is 26.6. The minimum Gasteiger partial charge on any atom is -0.295 e. The minimum absolute atomic E-state index is 0.0152. The SMILES string of the molecule is C=C[C@@]12C=CC(=O)C[C@@H]1C(=C)C(=O)N2S(=O)(=O)c1ccc(C)cc1. The fourth-order valence-electron chi connectivity index (χ4n) is 3.27. The zero-order valence-corrected chi connectivity index (χ0v) is 14.0. The molecule has 0 unspecified atom stereocenters. The summed E-state index contributed by atoms with van der Waals surface area (Å²) in [6.45, 7) is 9.29. The highest BCUT2D eigenvalue weighted by molar-refractivity contribution is 7.89. The van der Waals surface area contributed by atoms with Gasteiger partial charge < -0.3 is 0 Å². The molecule has 1 aliphatic heterocycles. The van der Waals surface area contributed by atoms with Gasteiger partial charge in [0.25, 0.3) is 15.9 Å². The maximum Gasteiger partial charge on any atom is 0.267 e. The van der Waals surface area contributed by atoms with Crippen LogP contribution < -0.4 is 0 Å². The monoisotopic (exact) mass is 343 g/mol. The van der Waals surface area contributed by atoms with Crippen LogP contribution in [0, 0.1) is 12.8 Å². The molecule has 124 valence electrons. The zero-order chi connectivity index (χ0) is 17.7. The molecule has 0 spiro atoms. The number of hydrogen-bond donors (Lipinski definition) is 0. The van der Waals surface area contributed by atoms with E-state index in [2.05, 4.69) is 13.2 Å².